The second-order valence-corrected chi connectivity index (χ2v) is 15.0. The molecular formula is C30H47O4P. The Labute approximate surface area is 214 Å². The van der Waals surface area contributed by atoms with E-state index in [0.29, 0.717) is 11.5 Å². The normalized spacial score (nSPS) is 13.6. The van der Waals surface area contributed by atoms with Gasteiger partial charge >= 0.3 is 7.82 Å². The van der Waals surface area contributed by atoms with Gasteiger partial charge in [-0.1, -0.05) is 107 Å². The highest BCUT2D eigenvalue weighted by Gasteiger charge is 2.35. The lowest BCUT2D eigenvalue weighted by Gasteiger charge is -2.30. The molecule has 2 aromatic rings. The van der Waals surface area contributed by atoms with Crippen LogP contribution in [0, 0.1) is 0 Å². The third-order valence-corrected chi connectivity index (χ3v) is 7.43. The summed E-state index contributed by atoms with van der Waals surface area (Å²) >= 11 is 0. The summed E-state index contributed by atoms with van der Waals surface area (Å²) in [6.45, 7) is 27.8. The van der Waals surface area contributed by atoms with E-state index in [1.807, 2.05) is 24.3 Å². The average molecular weight is 503 g/mol. The Balaban J connectivity index is 2.59. The van der Waals surface area contributed by atoms with Crippen LogP contribution in [0.1, 0.15) is 112 Å². The van der Waals surface area contributed by atoms with Crippen molar-refractivity contribution in [2.45, 2.75) is 112 Å². The van der Waals surface area contributed by atoms with Crippen molar-refractivity contribution in [3.05, 3.63) is 58.7 Å². The van der Waals surface area contributed by atoms with E-state index < -0.39 is 7.82 Å². The first kappa shape index (κ1) is 29.5. The first-order chi connectivity index (χ1) is 15.7. The number of hydrogen-bond acceptors (Lipinski definition) is 4. The monoisotopic (exact) mass is 502 g/mol. The van der Waals surface area contributed by atoms with Crippen LogP contribution in [0.2, 0.25) is 0 Å². The first-order valence-corrected chi connectivity index (χ1v) is 14.1. The molecule has 0 aliphatic rings. The molecule has 0 aromatic heterocycles. The van der Waals surface area contributed by atoms with Gasteiger partial charge in [0.05, 0.1) is 6.61 Å². The van der Waals surface area contributed by atoms with Crippen molar-refractivity contribution in [2.75, 3.05) is 6.61 Å². The highest BCUT2D eigenvalue weighted by molar-refractivity contribution is 7.49. The Morgan fingerprint density at radius 2 is 0.943 bits per heavy atom. The first-order valence-electron chi connectivity index (χ1n) is 12.6. The van der Waals surface area contributed by atoms with E-state index in [4.69, 9.17) is 13.6 Å². The molecule has 35 heavy (non-hydrogen) atoms. The minimum atomic E-state index is -3.97. The lowest BCUT2D eigenvalue weighted by molar-refractivity contribution is 0.217. The second-order valence-electron chi connectivity index (χ2n) is 13.5. The lowest BCUT2D eigenvalue weighted by atomic mass is 9.80. The molecular weight excluding hydrogens is 455 g/mol. The third kappa shape index (κ3) is 7.61. The van der Waals surface area contributed by atoms with Crippen molar-refractivity contribution in [1.29, 1.82) is 0 Å². The maximum atomic E-state index is 14.0. The van der Waals surface area contributed by atoms with Gasteiger partial charge < -0.3 is 9.05 Å². The van der Waals surface area contributed by atoms with Crippen LogP contribution in [0.15, 0.2) is 36.4 Å². The standard InChI is InChI=1S/C30H47O4P/c1-14-32-35(31,33-25-17-15-21(27(2,3)4)19-23(25)29(8,9)10)34-26-18-16-22(28(5,6)7)20-24(26)30(11,12)13/h15-20H,14H2,1-13H3. The van der Waals surface area contributed by atoms with E-state index in [2.05, 4.69) is 95.2 Å². The molecule has 0 fully saturated rings. The molecule has 196 valence electrons. The second kappa shape index (κ2) is 9.94. The molecule has 4 nitrogen and oxygen atoms in total. The van der Waals surface area contributed by atoms with Crippen LogP contribution < -0.4 is 9.05 Å². The van der Waals surface area contributed by atoms with Crippen molar-refractivity contribution in [3.8, 4) is 11.5 Å². The molecule has 2 aromatic carbocycles. The molecule has 0 saturated carbocycles. The molecule has 0 unspecified atom stereocenters. The zero-order valence-corrected chi connectivity index (χ0v) is 25.1. The fraction of sp³-hybridized carbons (Fsp3) is 0.600. The molecule has 0 N–H and O–H groups in total. The van der Waals surface area contributed by atoms with Crippen molar-refractivity contribution in [1.82, 2.24) is 0 Å². The third-order valence-electron chi connectivity index (χ3n) is 6.01. The van der Waals surface area contributed by atoms with Crippen LogP contribution in [0.3, 0.4) is 0 Å². The van der Waals surface area contributed by atoms with Gasteiger partial charge in [0.15, 0.2) is 0 Å². The van der Waals surface area contributed by atoms with Crippen molar-refractivity contribution in [3.63, 3.8) is 0 Å². The molecule has 0 amide bonds. The van der Waals surface area contributed by atoms with Crippen molar-refractivity contribution in [2.24, 2.45) is 0 Å². The molecule has 0 aliphatic carbocycles. The van der Waals surface area contributed by atoms with Crippen LogP contribution in [0.25, 0.3) is 0 Å². The average Bonchev–Trinajstić information content (AvgIpc) is 2.65. The summed E-state index contributed by atoms with van der Waals surface area (Å²) in [6, 6.07) is 12.1. The van der Waals surface area contributed by atoms with Crippen LogP contribution in [-0.4, -0.2) is 6.61 Å². The van der Waals surface area contributed by atoms with Gasteiger partial charge in [-0.25, -0.2) is 4.57 Å². The zero-order valence-electron chi connectivity index (χ0n) is 24.3. The van der Waals surface area contributed by atoms with E-state index in [1.165, 1.54) is 11.1 Å². The Morgan fingerprint density at radius 1 is 0.600 bits per heavy atom. The summed E-state index contributed by atoms with van der Waals surface area (Å²) in [4.78, 5) is 0. The van der Waals surface area contributed by atoms with E-state index >= 15 is 0 Å². The number of rotatable bonds is 6. The predicted octanol–water partition coefficient (Wildman–Crippen LogP) is 9.48. The SMILES string of the molecule is CCOP(=O)(Oc1ccc(C(C)(C)C)cc1C(C)(C)C)Oc1ccc(C(C)(C)C)cc1C(C)(C)C. The van der Waals surface area contributed by atoms with Crippen molar-refractivity contribution < 1.29 is 18.1 Å². The largest absolute Gasteiger partial charge is 0.587 e. The summed E-state index contributed by atoms with van der Waals surface area (Å²) in [5.74, 6) is 1.04. The highest BCUT2D eigenvalue weighted by Crippen LogP contribution is 2.53. The van der Waals surface area contributed by atoms with Gasteiger partial charge in [-0.3, -0.25) is 4.52 Å². The summed E-state index contributed by atoms with van der Waals surface area (Å²) in [7, 11) is -3.97. The van der Waals surface area contributed by atoms with E-state index in [9.17, 15) is 4.57 Å². The summed E-state index contributed by atoms with van der Waals surface area (Å²) in [6.07, 6.45) is 0. The molecule has 0 aliphatic heterocycles. The molecule has 0 atom stereocenters. The van der Waals surface area contributed by atoms with Gasteiger partial charge in [0.2, 0.25) is 0 Å². The van der Waals surface area contributed by atoms with E-state index in [0.717, 1.165) is 11.1 Å². The van der Waals surface area contributed by atoms with Gasteiger partial charge in [-0.05, 0) is 51.8 Å². The van der Waals surface area contributed by atoms with Gasteiger partial charge in [0.25, 0.3) is 0 Å². The van der Waals surface area contributed by atoms with Gasteiger partial charge in [0, 0.05) is 11.1 Å². The fourth-order valence-corrected chi connectivity index (χ4v) is 5.05. The fourth-order valence-electron chi connectivity index (χ4n) is 3.79. The number of hydrogen-bond donors (Lipinski definition) is 0. The Kier molecular flexibility index (Phi) is 8.37. The highest BCUT2D eigenvalue weighted by atomic mass is 31.2. The van der Waals surface area contributed by atoms with Gasteiger partial charge in [-0.2, -0.15) is 0 Å². The van der Waals surface area contributed by atoms with E-state index in [1.54, 1.807) is 6.92 Å². The number of phosphoric ester groups is 1. The Morgan fingerprint density at radius 3 is 1.20 bits per heavy atom. The zero-order chi connectivity index (χ0) is 27.0. The molecule has 2 rings (SSSR count). The Hall–Kier alpha value is -1.77. The van der Waals surface area contributed by atoms with Crippen LogP contribution in [-0.2, 0) is 30.7 Å². The molecule has 5 heteroatoms. The molecule has 0 heterocycles. The predicted molar refractivity (Wildman–Crippen MR) is 148 cm³/mol. The number of phosphoric acid groups is 1. The van der Waals surface area contributed by atoms with Crippen LogP contribution in [0.5, 0.6) is 11.5 Å². The Bertz CT molecular complexity index is 992. The molecule has 0 bridgehead atoms. The van der Waals surface area contributed by atoms with Crippen LogP contribution in [0.4, 0.5) is 0 Å². The minimum Gasteiger partial charge on any atom is -0.395 e. The van der Waals surface area contributed by atoms with Gasteiger partial charge in [-0.15, -0.1) is 0 Å². The molecule has 0 saturated heterocycles. The molecule has 0 spiro atoms. The topological polar surface area (TPSA) is 44.8 Å². The van der Waals surface area contributed by atoms with Gasteiger partial charge in [0.1, 0.15) is 11.5 Å². The van der Waals surface area contributed by atoms with E-state index in [-0.39, 0.29) is 28.3 Å². The smallest absolute Gasteiger partial charge is 0.395 e. The minimum absolute atomic E-state index is 0.0188. The lowest BCUT2D eigenvalue weighted by Crippen LogP contribution is -2.19. The summed E-state index contributed by atoms with van der Waals surface area (Å²) < 4.78 is 32.0. The van der Waals surface area contributed by atoms with Crippen LogP contribution >= 0.6 is 7.82 Å². The summed E-state index contributed by atoms with van der Waals surface area (Å²) in [5, 5.41) is 0. The number of benzene rings is 2. The maximum absolute atomic E-state index is 14.0. The summed E-state index contributed by atoms with van der Waals surface area (Å²) in [5.41, 5.74) is 3.82. The quantitative estimate of drug-likeness (QED) is 0.369. The molecule has 0 radical (unpaired) electrons. The van der Waals surface area contributed by atoms with Crippen molar-refractivity contribution >= 4 is 7.82 Å². The maximum Gasteiger partial charge on any atom is 0.587 e.